The van der Waals surface area contributed by atoms with Gasteiger partial charge in [0.2, 0.25) is 0 Å². The molecule has 0 saturated heterocycles. The zero-order valence-electron chi connectivity index (χ0n) is 15.4. The molecule has 0 aliphatic carbocycles. The summed E-state index contributed by atoms with van der Waals surface area (Å²) in [5, 5.41) is 1.44. The lowest BCUT2D eigenvalue weighted by atomic mass is 10.1. The summed E-state index contributed by atoms with van der Waals surface area (Å²) in [6.07, 6.45) is 0. The number of benzene rings is 2. The average molecular weight is 375 g/mol. The summed E-state index contributed by atoms with van der Waals surface area (Å²) in [6.45, 7) is 4.22. The minimum atomic E-state index is -0.791. The first-order valence-electron chi connectivity index (χ1n) is 8.84. The number of rotatable bonds is 4. The molecule has 0 aliphatic heterocycles. The summed E-state index contributed by atoms with van der Waals surface area (Å²) in [6, 6.07) is 15.6. The molecule has 2 aromatic heterocycles. The van der Waals surface area contributed by atoms with E-state index >= 15 is 0 Å². The molecule has 0 aliphatic rings. The first-order valence-corrected chi connectivity index (χ1v) is 8.84. The van der Waals surface area contributed by atoms with Gasteiger partial charge < -0.3 is 13.9 Å². The molecule has 28 heavy (non-hydrogen) atoms. The van der Waals surface area contributed by atoms with Gasteiger partial charge in [-0.1, -0.05) is 18.2 Å². The van der Waals surface area contributed by atoms with Gasteiger partial charge in [0.15, 0.2) is 5.75 Å². The molecule has 0 radical (unpaired) electrons. The van der Waals surface area contributed by atoms with E-state index in [9.17, 15) is 9.59 Å². The average Bonchev–Trinajstić information content (AvgIpc) is 2.68. The van der Waals surface area contributed by atoms with Crippen LogP contribution >= 0.6 is 0 Å². The molecule has 0 atom stereocenters. The van der Waals surface area contributed by atoms with Crippen molar-refractivity contribution in [3.05, 3.63) is 76.3 Å². The van der Waals surface area contributed by atoms with E-state index < -0.39 is 11.6 Å². The molecular formula is C22H17NO5. The van der Waals surface area contributed by atoms with Gasteiger partial charge in [-0.15, -0.1) is 0 Å². The first-order chi connectivity index (χ1) is 13.5. The largest absolute Gasteiger partial charge is 0.494 e. The van der Waals surface area contributed by atoms with Crippen molar-refractivity contribution in [1.82, 2.24) is 4.98 Å². The number of hydrogen-bond donors (Lipinski definition) is 0. The van der Waals surface area contributed by atoms with E-state index in [1.807, 2.05) is 32.0 Å². The molecule has 0 spiro atoms. The number of pyridine rings is 1. The minimum absolute atomic E-state index is 0.179. The molecule has 4 aromatic rings. The number of aryl methyl sites for hydroxylation is 1. The third kappa shape index (κ3) is 3.32. The van der Waals surface area contributed by atoms with Gasteiger partial charge in [-0.25, -0.2) is 14.6 Å². The van der Waals surface area contributed by atoms with E-state index in [-0.39, 0.29) is 11.3 Å². The second-order valence-corrected chi connectivity index (χ2v) is 6.25. The maximum absolute atomic E-state index is 12.6. The van der Waals surface area contributed by atoms with Gasteiger partial charge in [0, 0.05) is 22.5 Å². The molecule has 0 N–H and O–H groups in total. The first kappa shape index (κ1) is 17.7. The standard InChI is InChI=1S/C22H17NO5/c1-3-26-16-10-9-15-11-17(22(25)28-19(15)12-16)21(24)27-18-6-4-5-14-8-7-13(2)23-20(14)18/h4-12H,3H2,1-2H3. The van der Waals surface area contributed by atoms with Crippen molar-refractivity contribution in [2.75, 3.05) is 6.61 Å². The maximum atomic E-state index is 12.6. The summed E-state index contributed by atoms with van der Waals surface area (Å²) in [4.78, 5) is 29.4. The van der Waals surface area contributed by atoms with E-state index in [4.69, 9.17) is 13.9 Å². The number of nitrogens with zero attached hydrogens (tertiary/aromatic N) is 1. The van der Waals surface area contributed by atoms with E-state index in [0.29, 0.717) is 28.8 Å². The molecule has 4 rings (SSSR count). The molecule has 2 heterocycles. The normalized spacial score (nSPS) is 10.9. The van der Waals surface area contributed by atoms with Crippen LogP contribution in [0.15, 0.2) is 63.8 Å². The second-order valence-electron chi connectivity index (χ2n) is 6.25. The highest BCUT2D eigenvalue weighted by atomic mass is 16.5. The fourth-order valence-corrected chi connectivity index (χ4v) is 2.94. The Bertz CT molecular complexity index is 1260. The second kappa shape index (κ2) is 7.15. The summed E-state index contributed by atoms with van der Waals surface area (Å²) < 4.78 is 16.2. The van der Waals surface area contributed by atoms with Crippen LogP contribution < -0.4 is 15.1 Å². The van der Waals surface area contributed by atoms with E-state index in [1.165, 1.54) is 6.07 Å². The molecule has 6 nitrogen and oxygen atoms in total. The molecule has 2 aromatic carbocycles. The quantitative estimate of drug-likeness (QED) is 0.301. The number of aromatic nitrogens is 1. The number of carbonyl (C=O) groups is 1. The maximum Gasteiger partial charge on any atom is 0.351 e. The van der Waals surface area contributed by atoms with Gasteiger partial charge in [-0.3, -0.25) is 0 Å². The van der Waals surface area contributed by atoms with E-state index in [1.54, 1.807) is 30.3 Å². The predicted molar refractivity (Wildman–Crippen MR) is 105 cm³/mol. The molecule has 0 amide bonds. The van der Waals surface area contributed by atoms with Gasteiger partial charge >= 0.3 is 11.6 Å². The van der Waals surface area contributed by atoms with Crippen molar-refractivity contribution < 1.29 is 18.7 Å². The highest BCUT2D eigenvalue weighted by Crippen LogP contribution is 2.25. The smallest absolute Gasteiger partial charge is 0.351 e. The molecule has 0 saturated carbocycles. The Morgan fingerprint density at radius 2 is 1.89 bits per heavy atom. The zero-order valence-corrected chi connectivity index (χ0v) is 15.4. The lowest BCUT2D eigenvalue weighted by Crippen LogP contribution is -2.19. The number of fused-ring (bicyclic) bond motifs is 2. The van der Waals surface area contributed by atoms with E-state index in [0.717, 1.165) is 11.1 Å². The monoisotopic (exact) mass is 375 g/mol. The molecule has 6 heteroatoms. The summed E-state index contributed by atoms with van der Waals surface area (Å²) >= 11 is 0. The topological polar surface area (TPSA) is 78.6 Å². The van der Waals surface area contributed by atoms with Crippen LogP contribution in [0.1, 0.15) is 23.0 Å². The minimum Gasteiger partial charge on any atom is -0.494 e. The van der Waals surface area contributed by atoms with Crippen LogP contribution in [0.5, 0.6) is 11.5 Å². The van der Waals surface area contributed by atoms with Gasteiger partial charge in [0.25, 0.3) is 0 Å². The highest BCUT2D eigenvalue weighted by molar-refractivity contribution is 5.96. The Kier molecular flexibility index (Phi) is 4.53. The summed E-state index contributed by atoms with van der Waals surface area (Å²) in [7, 11) is 0. The van der Waals surface area contributed by atoms with Gasteiger partial charge in [0.05, 0.1) is 6.61 Å². The predicted octanol–water partition coefficient (Wildman–Crippen LogP) is 4.27. The molecule has 140 valence electrons. The summed E-state index contributed by atoms with van der Waals surface area (Å²) in [5.41, 5.74) is 0.750. The van der Waals surface area contributed by atoms with Crippen LogP contribution in [0.2, 0.25) is 0 Å². The van der Waals surface area contributed by atoms with Crippen LogP contribution in [-0.4, -0.2) is 17.6 Å². The Labute approximate surface area is 160 Å². The van der Waals surface area contributed by atoms with Crippen molar-refractivity contribution in [3.63, 3.8) is 0 Å². The Morgan fingerprint density at radius 3 is 2.71 bits per heavy atom. The Morgan fingerprint density at radius 1 is 1.07 bits per heavy atom. The third-order valence-electron chi connectivity index (χ3n) is 4.26. The van der Waals surface area contributed by atoms with Gasteiger partial charge in [0.1, 0.15) is 22.4 Å². The fourth-order valence-electron chi connectivity index (χ4n) is 2.94. The van der Waals surface area contributed by atoms with Crippen molar-refractivity contribution >= 4 is 27.8 Å². The molecule has 0 unspecified atom stereocenters. The van der Waals surface area contributed by atoms with Crippen LogP contribution in [0, 0.1) is 6.92 Å². The van der Waals surface area contributed by atoms with Crippen molar-refractivity contribution in [2.24, 2.45) is 0 Å². The number of carbonyl (C=O) groups excluding carboxylic acids is 1. The van der Waals surface area contributed by atoms with Crippen LogP contribution in [-0.2, 0) is 0 Å². The van der Waals surface area contributed by atoms with Crippen molar-refractivity contribution in [2.45, 2.75) is 13.8 Å². The fraction of sp³-hybridized carbons (Fsp3) is 0.136. The Balaban J connectivity index is 1.71. The van der Waals surface area contributed by atoms with E-state index in [2.05, 4.69) is 4.98 Å². The third-order valence-corrected chi connectivity index (χ3v) is 4.26. The number of esters is 1. The lowest BCUT2D eigenvalue weighted by Gasteiger charge is -2.08. The summed E-state index contributed by atoms with van der Waals surface area (Å²) in [5.74, 6) is 0.0865. The zero-order chi connectivity index (χ0) is 19.7. The lowest BCUT2D eigenvalue weighted by molar-refractivity contribution is 0.0732. The van der Waals surface area contributed by atoms with Crippen LogP contribution in [0.25, 0.3) is 21.9 Å². The van der Waals surface area contributed by atoms with Gasteiger partial charge in [-0.05, 0) is 44.2 Å². The molecule has 0 fully saturated rings. The van der Waals surface area contributed by atoms with Crippen LogP contribution in [0.3, 0.4) is 0 Å². The Hall–Kier alpha value is -3.67. The number of para-hydroxylation sites is 1. The molecular weight excluding hydrogens is 358 g/mol. The van der Waals surface area contributed by atoms with Crippen molar-refractivity contribution in [3.8, 4) is 11.5 Å². The molecule has 0 bridgehead atoms. The number of ether oxygens (including phenoxy) is 2. The SMILES string of the molecule is CCOc1ccc2cc(C(=O)Oc3cccc4ccc(C)nc34)c(=O)oc2c1. The van der Waals surface area contributed by atoms with Crippen LogP contribution in [0.4, 0.5) is 0 Å². The highest BCUT2D eigenvalue weighted by Gasteiger charge is 2.18. The van der Waals surface area contributed by atoms with Crippen molar-refractivity contribution in [1.29, 1.82) is 0 Å². The van der Waals surface area contributed by atoms with Gasteiger partial charge in [-0.2, -0.15) is 0 Å². The number of hydrogen-bond acceptors (Lipinski definition) is 6.